The van der Waals surface area contributed by atoms with Gasteiger partial charge in [-0.25, -0.2) is 0 Å². The fraction of sp³-hybridized carbons (Fsp3) is 0.417. The Morgan fingerprint density at radius 3 is 2.20 bits per heavy atom. The highest BCUT2D eigenvalue weighted by atomic mass is 16.5. The summed E-state index contributed by atoms with van der Waals surface area (Å²) < 4.78 is 5.56. The van der Waals surface area contributed by atoms with Crippen molar-refractivity contribution in [2.45, 2.75) is 27.7 Å². The minimum atomic E-state index is 0.371. The molecular formula is C12H15NO2. The molecule has 0 fully saturated rings. The van der Waals surface area contributed by atoms with Crippen LogP contribution in [0.5, 0.6) is 5.75 Å². The first kappa shape index (κ1) is 10.0. The van der Waals surface area contributed by atoms with Gasteiger partial charge in [0, 0.05) is 5.56 Å². The van der Waals surface area contributed by atoms with Crippen LogP contribution < -0.4 is 4.74 Å². The third-order valence-electron chi connectivity index (χ3n) is 3.39. The van der Waals surface area contributed by atoms with E-state index in [0.717, 1.165) is 22.4 Å². The van der Waals surface area contributed by atoms with Gasteiger partial charge >= 0.3 is 0 Å². The molecule has 0 unspecified atom stereocenters. The van der Waals surface area contributed by atoms with E-state index in [4.69, 9.17) is 9.94 Å². The van der Waals surface area contributed by atoms with Crippen LogP contribution in [0.4, 0.5) is 0 Å². The van der Waals surface area contributed by atoms with Gasteiger partial charge in [0.25, 0.3) is 0 Å². The van der Waals surface area contributed by atoms with Gasteiger partial charge in [-0.15, -0.1) is 0 Å². The van der Waals surface area contributed by atoms with Crippen molar-refractivity contribution in [1.29, 1.82) is 0 Å². The molecule has 0 amide bonds. The largest absolute Gasteiger partial charge is 0.486 e. The molecule has 1 aliphatic rings. The molecule has 80 valence electrons. The zero-order valence-corrected chi connectivity index (χ0v) is 9.51. The van der Waals surface area contributed by atoms with Gasteiger partial charge in [-0.2, -0.15) is 0 Å². The lowest BCUT2D eigenvalue weighted by molar-refractivity contribution is 0.313. The first-order chi connectivity index (χ1) is 7.07. The molecule has 3 heteroatoms. The quantitative estimate of drug-likeness (QED) is 0.522. The predicted molar refractivity (Wildman–Crippen MR) is 59.2 cm³/mol. The molecule has 3 nitrogen and oxygen atoms in total. The Hall–Kier alpha value is -1.51. The number of fused-ring (bicyclic) bond motifs is 1. The lowest BCUT2D eigenvalue weighted by Crippen LogP contribution is -2.04. The van der Waals surface area contributed by atoms with Crippen LogP contribution in [0.2, 0.25) is 0 Å². The molecule has 0 spiro atoms. The van der Waals surface area contributed by atoms with Crippen molar-refractivity contribution < 1.29 is 9.94 Å². The maximum atomic E-state index is 8.90. The van der Waals surface area contributed by atoms with E-state index in [0.29, 0.717) is 12.3 Å². The van der Waals surface area contributed by atoms with Gasteiger partial charge in [0.05, 0.1) is 0 Å². The molecule has 0 aliphatic carbocycles. The van der Waals surface area contributed by atoms with Gasteiger partial charge in [0.2, 0.25) is 0 Å². The smallest absolute Gasteiger partial charge is 0.134 e. The first-order valence-electron chi connectivity index (χ1n) is 5.02. The molecule has 0 atom stereocenters. The Bertz CT molecular complexity index is 461. The fourth-order valence-electron chi connectivity index (χ4n) is 2.10. The molecule has 1 heterocycles. The number of rotatable bonds is 0. The lowest BCUT2D eigenvalue weighted by atomic mass is 9.92. The van der Waals surface area contributed by atoms with E-state index in [1.54, 1.807) is 0 Å². The van der Waals surface area contributed by atoms with Crippen LogP contribution in [-0.2, 0) is 0 Å². The Morgan fingerprint density at radius 1 is 1.00 bits per heavy atom. The Balaban J connectivity index is 2.81. The highest BCUT2D eigenvalue weighted by Gasteiger charge is 2.26. The second-order valence-corrected chi connectivity index (χ2v) is 4.04. The first-order valence-corrected chi connectivity index (χ1v) is 5.02. The van der Waals surface area contributed by atoms with E-state index < -0.39 is 0 Å². The zero-order chi connectivity index (χ0) is 11.2. The average Bonchev–Trinajstić information content (AvgIpc) is 2.67. The van der Waals surface area contributed by atoms with Crippen molar-refractivity contribution in [3.63, 3.8) is 0 Å². The molecule has 1 aromatic carbocycles. The summed E-state index contributed by atoms with van der Waals surface area (Å²) >= 11 is 0. The monoisotopic (exact) mass is 205 g/mol. The Labute approximate surface area is 89.4 Å². The van der Waals surface area contributed by atoms with Gasteiger partial charge in [-0.3, -0.25) is 0 Å². The molecule has 15 heavy (non-hydrogen) atoms. The van der Waals surface area contributed by atoms with Crippen LogP contribution in [0.1, 0.15) is 27.8 Å². The number of ether oxygens (including phenoxy) is 1. The Morgan fingerprint density at radius 2 is 1.60 bits per heavy atom. The summed E-state index contributed by atoms with van der Waals surface area (Å²) in [4.78, 5) is 0. The topological polar surface area (TPSA) is 41.8 Å². The van der Waals surface area contributed by atoms with Crippen LogP contribution in [0.15, 0.2) is 5.16 Å². The van der Waals surface area contributed by atoms with Crippen LogP contribution in [0, 0.1) is 27.7 Å². The number of hydrogen-bond donors (Lipinski definition) is 1. The van der Waals surface area contributed by atoms with Crippen molar-refractivity contribution in [2.75, 3.05) is 6.61 Å². The van der Waals surface area contributed by atoms with E-state index in [1.165, 1.54) is 11.1 Å². The molecule has 1 N–H and O–H groups in total. The summed E-state index contributed by atoms with van der Waals surface area (Å²) in [6, 6.07) is 0. The minimum absolute atomic E-state index is 0.371. The van der Waals surface area contributed by atoms with Crippen molar-refractivity contribution in [1.82, 2.24) is 0 Å². The maximum absolute atomic E-state index is 8.90. The molecule has 0 saturated carbocycles. The number of oxime groups is 1. The second kappa shape index (κ2) is 3.26. The molecule has 0 bridgehead atoms. The molecular weight excluding hydrogens is 190 g/mol. The molecule has 1 aromatic rings. The lowest BCUT2D eigenvalue weighted by Gasteiger charge is -2.13. The summed E-state index contributed by atoms with van der Waals surface area (Å²) in [5.74, 6) is 0.878. The minimum Gasteiger partial charge on any atom is -0.486 e. The van der Waals surface area contributed by atoms with E-state index in [2.05, 4.69) is 19.0 Å². The van der Waals surface area contributed by atoms with Crippen LogP contribution >= 0.6 is 0 Å². The van der Waals surface area contributed by atoms with Crippen molar-refractivity contribution in [3.05, 3.63) is 27.8 Å². The third kappa shape index (κ3) is 1.23. The summed E-state index contributed by atoms with van der Waals surface area (Å²) in [7, 11) is 0. The predicted octanol–water partition coefficient (Wildman–Crippen LogP) is 2.49. The highest BCUT2D eigenvalue weighted by molar-refractivity contribution is 6.07. The molecule has 0 radical (unpaired) electrons. The molecule has 0 aromatic heterocycles. The van der Waals surface area contributed by atoms with E-state index >= 15 is 0 Å². The van der Waals surface area contributed by atoms with Crippen LogP contribution in [-0.4, -0.2) is 17.5 Å². The second-order valence-electron chi connectivity index (χ2n) is 4.04. The maximum Gasteiger partial charge on any atom is 0.134 e. The van der Waals surface area contributed by atoms with E-state index in [9.17, 15) is 0 Å². The summed E-state index contributed by atoms with van der Waals surface area (Å²) in [5.41, 5.74) is 6.40. The van der Waals surface area contributed by atoms with Crippen molar-refractivity contribution >= 4 is 5.71 Å². The number of benzene rings is 1. The normalized spacial score (nSPS) is 16.7. The fourth-order valence-corrected chi connectivity index (χ4v) is 2.10. The summed E-state index contributed by atoms with van der Waals surface area (Å²) in [6.45, 7) is 8.64. The van der Waals surface area contributed by atoms with Crippen molar-refractivity contribution in [2.24, 2.45) is 5.16 Å². The van der Waals surface area contributed by atoms with Crippen LogP contribution in [0.3, 0.4) is 0 Å². The third-order valence-corrected chi connectivity index (χ3v) is 3.39. The number of nitrogens with zero attached hydrogens (tertiary/aromatic N) is 1. The number of hydrogen-bond acceptors (Lipinski definition) is 3. The standard InChI is InChI=1S/C12H15NO2/c1-6-7(2)9(4)12-11(8(6)3)10(13-14)5-15-12/h14H,5H2,1-4H3. The molecule has 0 saturated heterocycles. The summed E-state index contributed by atoms with van der Waals surface area (Å²) in [5, 5.41) is 12.2. The van der Waals surface area contributed by atoms with Gasteiger partial charge in [0.15, 0.2) is 0 Å². The molecule has 2 rings (SSSR count). The van der Waals surface area contributed by atoms with Gasteiger partial charge in [-0.1, -0.05) is 5.16 Å². The molecule has 1 aliphatic heterocycles. The van der Waals surface area contributed by atoms with Gasteiger partial charge in [0.1, 0.15) is 18.1 Å². The Kier molecular flexibility index (Phi) is 2.18. The highest BCUT2D eigenvalue weighted by Crippen LogP contribution is 2.36. The van der Waals surface area contributed by atoms with Crippen LogP contribution in [0.25, 0.3) is 0 Å². The van der Waals surface area contributed by atoms with E-state index in [1.807, 2.05) is 13.8 Å². The van der Waals surface area contributed by atoms with Crippen molar-refractivity contribution in [3.8, 4) is 5.75 Å². The van der Waals surface area contributed by atoms with Gasteiger partial charge in [-0.05, 0) is 49.9 Å². The average molecular weight is 205 g/mol. The van der Waals surface area contributed by atoms with Gasteiger partial charge < -0.3 is 9.94 Å². The summed E-state index contributed by atoms with van der Waals surface area (Å²) in [6.07, 6.45) is 0. The van der Waals surface area contributed by atoms with E-state index in [-0.39, 0.29) is 0 Å². The SMILES string of the molecule is Cc1c(C)c(C)c2c(c1C)OCC2=NO. The zero-order valence-electron chi connectivity index (χ0n) is 9.51.